The van der Waals surface area contributed by atoms with Crippen LogP contribution in [-0.2, 0) is 4.74 Å². The van der Waals surface area contributed by atoms with Crippen LogP contribution in [0.5, 0.6) is 23.1 Å². The first kappa shape index (κ1) is 19.0. The number of pyridine rings is 1. The second-order valence-corrected chi connectivity index (χ2v) is 5.01. The number of esters is 1. The van der Waals surface area contributed by atoms with Crippen LogP contribution < -0.4 is 18.9 Å². The molecule has 0 spiro atoms. The van der Waals surface area contributed by atoms with Gasteiger partial charge in [-0.25, -0.2) is 14.6 Å². The molecule has 0 radical (unpaired) electrons. The zero-order chi connectivity index (χ0) is 19.1. The molecule has 1 aromatic heterocycles. The van der Waals surface area contributed by atoms with Crippen molar-refractivity contribution in [3.8, 4) is 23.1 Å². The third-order valence-corrected chi connectivity index (χ3v) is 3.29. The molecule has 0 aliphatic rings. The van der Waals surface area contributed by atoms with E-state index in [1.807, 2.05) is 0 Å². The molecule has 1 heterocycles. The SMILES string of the molecule is CCOC(=O)Oc1c(OC)cc(C(=O)Oc2ncccc2C)cc1OC. The highest BCUT2D eigenvalue weighted by atomic mass is 16.7. The minimum atomic E-state index is -0.913. The summed E-state index contributed by atoms with van der Waals surface area (Å²) in [7, 11) is 2.73. The normalized spacial score (nSPS) is 10.0. The summed E-state index contributed by atoms with van der Waals surface area (Å²) in [6, 6.07) is 6.25. The van der Waals surface area contributed by atoms with Crippen molar-refractivity contribution in [3.63, 3.8) is 0 Å². The van der Waals surface area contributed by atoms with Crippen LogP contribution in [-0.4, -0.2) is 37.9 Å². The van der Waals surface area contributed by atoms with E-state index in [4.69, 9.17) is 23.7 Å². The standard InChI is InChI=1S/C18H19NO7/c1-5-24-18(21)25-15-13(22-3)9-12(10-14(15)23-4)17(20)26-16-11(2)7-6-8-19-16/h6-10H,5H2,1-4H3. The lowest BCUT2D eigenvalue weighted by Gasteiger charge is -2.14. The van der Waals surface area contributed by atoms with Crippen molar-refractivity contribution >= 4 is 12.1 Å². The molecule has 2 aromatic rings. The van der Waals surface area contributed by atoms with Crippen molar-refractivity contribution in [2.24, 2.45) is 0 Å². The van der Waals surface area contributed by atoms with Gasteiger partial charge in [0.15, 0.2) is 11.5 Å². The summed E-state index contributed by atoms with van der Waals surface area (Å²) in [5.74, 6) is -0.239. The van der Waals surface area contributed by atoms with E-state index in [-0.39, 0.29) is 35.3 Å². The minimum absolute atomic E-state index is 0.000910. The molecular weight excluding hydrogens is 342 g/mol. The smallest absolute Gasteiger partial charge is 0.493 e. The van der Waals surface area contributed by atoms with Crippen LogP contribution in [0.4, 0.5) is 4.79 Å². The molecule has 8 nitrogen and oxygen atoms in total. The van der Waals surface area contributed by atoms with E-state index >= 15 is 0 Å². The van der Waals surface area contributed by atoms with Gasteiger partial charge < -0.3 is 23.7 Å². The average Bonchev–Trinajstić information content (AvgIpc) is 2.63. The van der Waals surface area contributed by atoms with Crippen molar-refractivity contribution in [1.29, 1.82) is 0 Å². The number of ether oxygens (including phenoxy) is 5. The lowest BCUT2D eigenvalue weighted by molar-refractivity contribution is 0.0725. The van der Waals surface area contributed by atoms with E-state index in [0.29, 0.717) is 5.56 Å². The summed E-state index contributed by atoms with van der Waals surface area (Å²) in [5.41, 5.74) is 0.849. The Morgan fingerprint density at radius 3 is 2.27 bits per heavy atom. The Labute approximate surface area is 150 Å². The molecular formula is C18H19NO7. The molecule has 0 saturated heterocycles. The summed E-state index contributed by atoms with van der Waals surface area (Å²) >= 11 is 0. The lowest BCUT2D eigenvalue weighted by atomic mass is 10.2. The van der Waals surface area contributed by atoms with Crippen molar-refractivity contribution in [2.45, 2.75) is 13.8 Å². The number of carbonyl (C=O) groups excluding carboxylic acids is 2. The summed E-state index contributed by atoms with van der Waals surface area (Å²) in [5, 5.41) is 0. The molecule has 0 fully saturated rings. The van der Waals surface area contributed by atoms with Crippen LogP contribution in [0.3, 0.4) is 0 Å². The van der Waals surface area contributed by atoms with E-state index in [1.54, 1.807) is 26.0 Å². The molecule has 0 aliphatic carbocycles. The van der Waals surface area contributed by atoms with E-state index in [9.17, 15) is 9.59 Å². The average molecular weight is 361 g/mol. The quantitative estimate of drug-likeness (QED) is 0.572. The van der Waals surface area contributed by atoms with Gasteiger partial charge in [-0.15, -0.1) is 0 Å². The fraction of sp³-hybridized carbons (Fsp3) is 0.278. The number of methoxy groups -OCH3 is 2. The molecule has 26 heavy (non-hydrogen) atoms. The largest absolute Gasteiger partial charge is 0.514 e. The van der Waals surface area contributed by atoms with Crippen LogP contribution in [0.15, 0.2) is 30.5 Å². The highest BCUT2D eigenvalue weighted by Crippen LogP contribution is 2.39. The summed E-state index contributed by atoms with van der Waals surface area (Å²) in [4.78, 5) is 28.0. The van der Waals surface area contributed by atoms with Crippen molar-refractivity contribution in [2.75, 3.05) is 20.8 Å². The molecule has 0 amide bonds. The molecule has 138 valence electrons. The van der Waals surface area contributed by atoms with Gasteiger partial charge in [-0.1, -0.05) is 6.07 Å². The van der Waals surface area contributed by atoms with Crippen LogP contribution in [0.2, 0.25) is 0 Å². The maximum atomic E-state index is 12.4. The highest BCUT2D eigenvalue weighted by Gasteiger charge is 2.22. The second-order valence-electron chi connectivity index (χ2n) is 5.01. The second kappa shape index (κ2) is 8.70. The van der Waals surface area contributed by atoms with Crippen molar-refractivity contribution in [3.05, 3.63) is 41.6 Å². The first-order chi connectivity index (χ1) is 12.5. The zero-order valence-corrected chi connectivity index (χ0v) is 14.9. The molecule has 8 heteroatoms. The van der Waals surface area contributed by atoms with Gasteiger partial charge in [0.1, 0.15) is 0 Å². The van der Waals surface area contributed by atoms with Crippen LogP contribution >= 0.6 is 0 Å². The predicted octanol–water partition coefficient (Wildman–Crippen LogP) is 3.16. The fourth-order valence-electron chi connectivity index (χ4n) is 2.05. The summed E-state index contributed by atoms with van der Waals surface area (Å²) < 4.78 is 25.5. The molecule has 0 N–H and O–H groups in total. The Morgan fingerprint density at radius 2 is 1.73 bits per heavy atom. The van der Waals surface area contributed by atoms with Gasteiger partial charge in [0, 0.05) is 11.8 Å². The monoisotopic (exact) mass is 361 g/mol. The Bertz CT molecular complexity index is 779. The lowest BCUT2D eigenvalue weighted by Crippen LogP contribution is -2.14. The van der Waals surface area contributed by atoms with E-state index in [2.05, 4.69) is 4.98 Å². The molecule has 0 atom stereocenters. The van der Waals surface area contributed by atoms with Crippen LogP contribution in [0.1, 0.15) is 22.8 Å². The molecule has 0 saturated carbocycles. The van der Waals surface area contributed by atoms with Crippen molar-refractivity contribution in [1.82, 2.24) is 4.98 Å². The van der Waals surface area contributed by atoms with E-state index in [0.717, 1.165) is 0 Å². The van der Waals surface area contributed by atoms with Crippen LogP contribution in [0.25, 0.3) is 0 Å². The first-order valence-corrected chi connectivity index (χ1v) is 7.74. The summed E-state index contributed by atoms with van der Waals surface area (Å²) in [6.45, 7) is 3.57. The fourth-order valence-corrected chi connectivity index (χ4v) is 2.05. The number of aromatic nitrogens is 1. The molecule has 0 unspecified atom stereocenters. The van der Waals surface area contributed by atoms with E-state index in [1.165, 1.54) is 32.5 Å². The Morgan fingerprint density at radius 1 is 1.08 bits per heavy atom. The summed E-state index contributed by atoms with van der Waals surface area (Å²) in [6.07, 6.45) is 0.608. The zero-order valence-electron chi connectivity index (χ0n) is 14.9. The number of benzene rings is 1. The Balaban J connectivity index is 2.34. The maximum absolute atomic E-state index is 12.4. The Kier molecular flexibility index (Phi) is 6.37. The highest BCUT2D eigenvalue weighted by molar-refractivity contribution is 5.92. The molecule has 0 bridgehead atoms. The van der Waals surface area contributed by atoms with Crippen molar-refractivity contribution < 1.29 is 33.3 Å². The first-order valence-electron chi connectivity index (χ1n) is 7.74. The van der Waals surface area contributed by atoms with Gasteiger partial charge in [0.05, 0.1) is 26.4 Å². The molecule has 2 rings (SSSR count). The van der Waals surface area contributed by atoms with Gasteiger partial charge in [0.2, 0.25) is 11.6 Å². The van der Waals surface area contributed by atoms with Gasteiger partial charge in [-0.2, -0.15) is 0 Å². The number of hydrogen-bond acceptors (Lipinski definition) is 8. The Hall–Kier alpha value is -3.29. The van der Waals surface area contributed by atoms with E-state index < -0.39 is 12.1 Å². The molecule has 1 aromatic carbocycles. The van der Waals surface area contributed by atoms with Gasteiger partial charge >= 0.3 is 12.1 Å². The van der Waals surface area contributed by atoms with Gasteiger partial charge in [-0.3, -0.25) is 0 Å². The number of aryl methyl sites for hydroxylation is 1. The van der Waals surface area contributed by atoms with Gasteiger partial charge in [0.25, 0.3) is 0 Å². The number of hydrogen-bond donors (Lipinski definition) is 0. The van der Waals surface area contributed by atoms with Gasteiger partial charge in [-0.05, 0) is 32.0 Å². The third kappa shape index (κ3) is 4.41. The van der Waals surface area contributed by atoms with Crippen LogP contribution in [0, 0.1) is 6.92 Å². The predicted molar refractivity (Wildman–Crippen MR) is 91.1 cm³/mol. The molecule has 0 aliphatic heterocycles. The minimum Gasteiger partial charge on any atom is -0.493 e. The number of rotatable bonds is 6. The number of nitrogens with zero attached hydrogens (tertiary/aromatic N) is 1. The maximum Gasteiger partial charge on any atom is 0.514 e. The topological polar surface area (TPSA) is 93.2 Å². The number of carbonyl (C=O) groups is 2. The third-order valence-electron chi connectivity index (χ3n) is 3.29.